The van der Waals surface area contributed by atoms with Gasteiger partial charge < -0.3 is 5.32 Å². The van der Waals surface area contributed by atoms with Crippen molar-refractivity contribution >= 4 is 34.9 Å². The molecule has 0 aliphatic carbocycles. The number of Topliss-reactive ketones (excluding diaryl/α,β-unsaturated/α-hetero) is 1. The Hall–Kier alpha value is -1.84. The molecule has 0 fully saturated rings. The second-order valence-electron chi connectivity index (χ2n) is 4.80. The molecule has 2 rings (SSSR count). The summed E-state index contributed by atoms with van der Waals surface area (Å²) in [6, 6.07) is 14.0. The molecule has 0 unspecified atom stereocenters. The van der Waals surface area contributed by atoms with Crippen molar-refractivity contribution in [2.45, 2.75) is 19.4 Å². The van der Waals surface area contributed by atoms with Crippen molar-refractivity contribution in [1.82, 2.24) is 5.32 Å². The molecule has 3 nitrogen and oxygen atoms in total. The first-order valence-electron chi connectivity index (χ1n) is 6.85. The number of halogens is 2. The topological polar surface area (TPSA) is 46.2 Å². The standard InChI is InChI=1S/C17H15Cl2NO2/c18-14-7-6-13(15(19)10-14)11-20-17(22)9-8-16(21)12-4-2-1-3-5-12/h1-7,10H,8-9,11H2,(H,20,22). The van der Waals surface area contributed by atoms with E-state index in [2.05, 4.69) is 5.32 Å². The second kappa shape index (κ2) is 7.97. The maximum absolute atomic E-state index is 11.9. The van der Waals surface area contributed by atoms with Crippen LogP contribution in [0.2, 0.25) is 10.0 Å². The predicted octanol–water partition coefficient (Wildman–Crippen LogP) is 4.27. The molecule has 0 aliphatic rings. The molecule has 0 aliphatic heterocycles. The number of rotatable bonds is 6. The highest BCUT2D eigenvalue weighted by Crippen LogP contribution is 2.20. The van der Waals surface area contributed by atoms with Crippen LogP contribution in [0.1, 0.15) is 28.8 Å². The first kappa shape index (κ1) is 16.5. The molecule has 0 saturated heterocycles. The summed E-state index contributed by atoms with van der Waals surface area (Å²) in [5, 5.41) is 3.80. The highest BCUT2D eigenvalue weighted by atomic mass is 35.5. The SMILES string of the molecule is O=C(CCC(=O)c1ccccc1)NCc1ccc(Cl)cc1Cl. The van der Waals surface area contributed by atoms with Gasteiger partial charge in [0.15, 0.2) is 5.78 Å². The zero-order valence-electron chi connectivity index (χ0n) is 11.8. The van der Waals surface area contributed by atoms with E-state index in [1.807, 2.05) is 6.07 Å². The number of amides is 1. The lowest BCUT2D eigenvalue weighted by atomic mass is 10.1. The fourth-order valence-electron chi connectivity index (χ4n) is 1.94. The van der Waals surface area contributed by atoms with E-state index in [-0.39, 0.29) is 24.5 Å². The molecular weight excluding hydrogens is 321 g/mol. The zero-order chi connectivity index (χ0) is 15.9. The second-order valence-corrected chi connectivity index (χ2v) is 5.65. The first-order valence-corrected chi connectivity index (χ1v) is 7.61. The van der Waals surface area contributed by atoms with Gasteiger partial charge >= 0.3 is 0 Å². The number of nitrogens with one attached hydrogen (secondary N) is 1. The van der Waals surface area contributed by atoms with Gasteiger partial charge in [0.1, 0.15) is 0 Å². The maximum Gasteiger partial charge on any atom is 0.220 e. The molecular formula is C17H15Cl2NO2. The number of hydrogen-bond acceptors (Lipinski definition) is 2. The Bertz CT molecular complexity index is 672. The summed E-state index contributed by atoms with van der Waals surface area (Å²) in [6.45, 7) is 0.314. The first-order chi connectivity index (χ1) is 10.6. The van der Waals surface area contributed by atoms with Crippen LogP contribution in [0.3, 0.4) is 0 Å². The molecule has 0 saturated carbocycles. The maximum atomic E-state index is 11.9. The van der Waals surface area contributed by atoms with Crippen LogP contribution in [0.5, 0.6) is 0 Å². The monoisotopic (exact) mass is 335 g/mol. The van der Waals surface area contributed by atoms with Gasteiger partial charge in [-0.05, 0) is 17.7 Å². The van der Waals surface area contributed by atoms with Gasteiger partial charge in [-0.1, -0.05) is 59.6 Å². The van der Waals surface area contributed by atoms with Crippen LogP contribution in [-0.2, 0) is 11.3 Å². The number of benzene rings is 2. The van der Waals surface area contributed by atoms with Crippen molar-refractivity contribution < 1.29 is 9.59 Å². The summed E-state index contributed by atoms with van der Waals surface area (Å²) in [6.07, 6.45) is 0.336. The van der Waals surface area contributed by atoms with Gasteiger partial charge in [-0.25, -0.2) is 0 Å². The Balaban J connectivity index is 1.80. The average Bonchev–Trinajstić information content (AvgIpc) is 2.52. The largest absolute Gasteiger partial charge is 0.352 e. The normalized spacial score (nSPS) is 10.3. The van der Waals surface area contributed by atoms with Crippen molar-refractivity contribution in [3.63, 3.8) is 0 Å². The zero-order valence-corrected chi connectivity index (χ0v) is 13.3. The van der Waals surface area contributed by atoms with Crippen LogP contribution >= 0.6 is 23.2 Å². The number of hydrogen-bond donors (Lipinski definition) is 1. The minimum Gasteiger partial charge on any atom is -0.352 e. The van der Waals surface area contributed by atoms with Crippen molar-refractivity contribution in [3.05, 3.63) is 69.7 Å². The molecule has 0 spiro atoms. The molecule has 5 heteroatoms. The lowest BCUT2D eigenvalue weighted by Gasteiger charge is -2.07. The quantitative estimate of drug-likeness (QED) is 0.801. The van der Waals surface area contributed by atoms with E-state index in [0.717, 1.165) is 5.56 Å². The van der Waals surface area contributed by atoms with E-state index in [1.54, 1.807) is 42.5 Å². The molecule has 1 amide bonds. The number of carbonyl (C=O) groups excluding carboxylic acids is 2. The van der Waals surface area contributed by atoms with E-state index in [1.165, 1.54) is 0 Å². The number of carbonyl (C=O) groups is 2. The predicted molar refractivity (Wildman–Crippen MR) is 88.3 cm³/mol. The van der Waals surface area contributed by atoms with Crippen LogP contribution in [0.25, 0.3) is 0 Å². The van der Waals surface area contributed by atoms with E-state index < -0.39 is 0 Å². The smallest absolute Gasteiger partial charge is 0.220 e. The molecule has 114 valence electrons. The van der Waals surface area contributed by atoms with Gasteiger partial charge in [-0.3, -0.25) is 9.59 Å². The Morgan fingerprint density at radius 2 is 1.68 bits per heavy atom. The summed E-state index contributed by atoms with van der Waals surface area (Å²) in [5.41, 5.74) is 1.41. The van der Waals surface area contributed by atoms with E-state index in [0.29, 0.717) is 22.2 Å². The Morgan fingerprint density at radius 3 is 2.36 bits per heavy atom. The molecule has 0 atom stereocenters. The Kier molecular flexibility index (Phi) is 5.99. The lowest BCUT2D eigenvalue weighted by Crippen LogP contribution is -2.23. The third kappa shape index (κ3) is 4.86. The van der Waals surface area contributed by atoms with Gasteiger partial charge in [0.2, 0.25) is 5.91 Å². The molecule has 22 heavy (non-hydrogen) atoms. The van der Waals surface area contributed by atoms with E-state index in [9.17, 15) is 9.59 Å². The number of ketones is 1. The summed E-state index contributed by atoms with van der Waals surface area (Å²) < 4.78 is 0. The molecule has 0 heterocycles. The molecule has 0 radical (unpaired) electrons. The van der Waals surface area contributed by atoms with Crippen molar-refractivity contribution in [2.24, 2.45) is 0 Å². The fourth-order valence-corrected chi connectivity index (χ4v) is 2.42. The minimum absolute atomic E-state index is 0.0414. The fraction of sp³-hybridized carbons (Fsp3) is 0.176. The van der Waals surface area contributed by atoms with Crippen molar-refractivity contribution in [3.8, 4) is 0 Å². The van der Waals surface area contributed by atoms with Gasteiger partial charge in [0.05, 0.1) is 0 Å². The van der Waals surface area contributed by atoms with Crippen molar-refractivity contribution in [1.29, 1.82) is 0 Å². The van der Waals surface area contributed by atoms with Gasteiger partial charge in [-0.2, -0.15) is 0 Å². The highest BCUT2D eigenvalue weighted by Gasteiger charge is 2.09. The summed E-state index contributed by atoms with van der Waals surface area (Å²) in [7, 11) is 0. The molecule has 2 aromatic carbocycles. The van der Waals surface area contributed by atoms with Crippen molar-refractivity contribution in [2.75, 3.05) is 0 Å². The van der Waals surface area contributed by atoms with E-state index >= 15 is 0 Å². The van der Waals surface area contributed by atoms with Crippen LogP contribution in [0.15, 0.2) is 48.5 Å². The highest BCUT2D eigenvalue weighted by molar-refractivity contribution is 6.35. The third-order valence-electron chi connectivity index (χ3n) is 3.17. The third-order valence-corrected chi connectivity index (χ3v) is 3.75. The molecule has 1 N–H and O–H groups in total. The minimum atomic E-state index is -0.185. The molecule has 2 aromatic rings. The molecule has 0 aromatic heterocycles. The lowest BCUT2D eigenvalue weighted by molar-refractivity contribution is -0.121. The van der Waals surface area contributed by atoms with Crippen LogP contribution < -0.4 is 5.32 Å². The van der Waals surface area contributed by atoms with Crippen LogP contribution in [0.4, 0.5) is 0 Å². The summed E-state index contributed by atoms with van der Waals surface area (Å²) >= 11 is 11.8. The Labute approximate surface area is 139 Å². The van der Waals surface area contributed by atoms with Gasteiger partial charge in [0.25, 0.3) is 0 Å². The summed E-state index contributed by atoms with van der Waals surface area (Å²) in [5.74, 6) is -0.226. The average molecular weight is 336 g/mol. The van der Waals surface area contributed by atoms with Gasteiger partial charge in [-0.15, -0.1) is 0 Å². The van der Waals surface area contributed by atoms with Gasteiger partial charge in [0, 0.05) is 35.0 Å². The van der Waals surface area contributed by atoms with Crippen LogP contribution in [0, 0.1) is 0 Å². The molecule has 0 bridgehead atoms. The van der Waals surface area contributed by atoms with Crippen LogP contribution in [-0.4, -0.2) is 11.7 Å². The summed E-state index contributed by atoms with van der Waals surface area (Å²) in [4.78, 5) is 23.7. The Morgan fingerprint density at radius 1 is 0.955 bits per heavy atom. The van der Waals surface area contributed by atoms with E-state index in [4.69, 9.17) is 23.2 Å².